The van der Waals surface area contributed by atoms with Crippen LogP contribution in [0.25, 0.3) is 55.0 Å². The van der Waals surface area contributed by atoms with Crippen molar-refractivity contribution in [2.24, 2.45) is 0 Å². The van der Waals surface area contributed by atoms with Crippen molar-refractivity contribution in [3.63, 3.8) is 0 Å². The van der Waals surface area contributed by atoms with Gasteiger partial charge in [0.05, 0.1) is 27.8 Å². The molecule has 0 atom stereocenters. The number of nitrogens with zero attached hydrogens (tertiary/aromatic N) is 3. The van der Waals surface area contributed by atoms with Crippen molar-refractivity contribution in [1.82, 2.24) is 9.13 Å². The van der Waals surface area contributed by atoms with E-state index in [-0.39, 0.29) is 11.6 Å². The van der Waals surface area contributed by atoms with Crippen molar-refractivity contribution in [3.05, 3.63) is 175 Å². The van der Waals surface area contributed by atoms with Gasteiger partial charge in [-0.15, -0.1) is 0 Å². The van der Waals surface area contributed by atoms with Gasteiger partial charge in [0.1, 0.15) is 11.6 Å². The predicted molar refractivity (Wildman–Crippen MR) is 190 cm³/mol. The van der Waals surface area contributed by atoms with Crippen molar-refractivity contribution in [3.8, 4) is 11.4 Å². The molecule has 3 nitrogen and oxygen atoms in total. The lowest BCUT2D eigenvalue weighted by Crippen LogP contribution is -2.11. The fourth-order valence-corrected chi connectivity index (χ4v) is 7.03. The third kappa shape index (κ3) is 4.32. The summed E-state index contributed by atoms with van der Waals surface area (Å²) in [5.74, 6) is -0.540. The number of rotatable bonds is 5. The van der Waals surface area contributed by atoms with E-state index in [1.165, 1.54) is 12.1 Å². The van der Waals surface area contributed by atoms with E-state index < -0.39 is 0 Å². The molecule has 0 aliphatic heterocycles. The highest BCUT2D eigenvalue weighted by atomic mass is 19.1. The maximum absolute atomic E-state index is 14.8. The molecule has 2 aromatic heterocycles. The molecular formula is C42H27F2N3. The van der Waals surface area contributed by atoms with E-state index in [1.54, 1.807) is 12.1 Å². The Morgan fingerprint density at radius 3 is 1.62 bits per heavy atom. The van der Waals surface area contributed by atoms with Crippen molar-refractivity contribution in [2.75, 3.05) is 4.90 Å². The zero-order valence-corrected chi connectivity index (χ0v) is 25.2. The summed E-state index contributed by atoms with van der Waals surface area (Å²) >= 11 is 0. The molecule has 0 fully saturated rings. The van der Waals surface area contributed by atoms with Gasteiger partial charge in [0.2, 0.25) is 0 Å². The Kier molecular flexibility index (Phi) is 6.18. The second-order valence-electron chi connectivity index (χ2n) is 11.7. The molecule has 0 saturated heterocycles. The van der Waals surface area contributed by atoms with Crippen molar-refractivity contribution >= 4 is 60.7 Å². The summed E-state index contributed by atoms with van der Waals surface area (Å²) in [7, 11) is 0. The van der Waals surface area contributed by atoms with Crippen molar-refractivity contribution in [2.45, 2.75) is 0 Å². The van der Waals surface area contributed by atoms with Crippen LogP contribution in [0.15, 0.2) is 164 Å². The number of anilines is 3. The van der Waals surface area contributed by atoms with Crippen molar-refractivity contribution < 1.29 is 8.78 Å². The van der Waals surface area contributed by atoms with Crippen LogP contribution >= 0.6 is 0 Å². The lowest BCUT2D eigenvalue weighted by molar-refractivity contribution is 0.629. The average Bonchev–Trinajstić information content (AvgIpc) is 3.62. The molecule has 0 aliphatic carbocycles. The molecule has 47 heavy (non-hydrogen) atoms. The zero-order valence-electron chi connectivity index (χ0n) is 25.2. The summed E-state index contributed by atoms with van der Waals surface area (Å²) < 4.78 is 33.8. The fourth-order valence-electron chi connectivity index (χ4n) is 7.03. The first-order valence-electron chi connectivity index (χ1n) is 15.6. The molecule has 9 aromatic rings. The first-order chi connectivity index (χ1) is 23.2. The lowest BCUT2D eigenvalue weighted by Gasteiger charge is -2.27. The summed E-state index contributed by atoms with van der Waals surface area (Å²) in [5.41, 5.74) is 8.64. The van der Waals surface area contributed by atoms with E-state index in [4.69, 9.17) is 0 Å². The summed E-state index contributed by atoms with van der Waals surface area (Å²) in [6, 6.07) is 53.2. The number of fused-ring (bicyclic) bond motifs is 6. The summed E-state index contributed by atoms with van der Waals surface area (Å²) in [6.45, 7) is 0. The van der Waals surface area contributed by atoms with Crippen LogP contribution < -0.4 is 4.90 Å². The molecule has 5 heteroatoms. The van der Waals surface area contributed by atoms with Crippen LogP contribution in [0.5, 0.6) is 0 Å². The molecule has 7 aromatic carbocycles. The Bertz CT molecular complexity index is 2590. The van der Waals surface area contributed by atoms with E-state index in [0.717, 1.165) is 72.0 Å². The van der Waals surface area contributed by atoms with E-state index >= 15 is 0 Å². The van der Waals surface area contributed by atoms with Crippen molar-refractivity contribution in [1.29, 1.82) is 0 Å². The molecule has 0 spiro atoms. The van der Waals surface area contributed by atoms with Gasteiger partial charge in [-0.05, 0) is 91.0 Å². The van der Waals surface area contributed by atoms with Gasteiger partial charge in [-0.25, -0.2) is 8.78 Å². The number of benzene rings is 7. The first-order valence-corrected chi connectivity index (χ1v) is 15.6. The normalized spacial score (nSPS) is 11.6. The summed E-state index contributed by atoms with van der Waals surface area (Å²) in [6.07, 6.45) is 0. The largest absolute Gasteiger partial charge is 0.309 e. The molecule has 0 bridgehead atoms. The third-order valence-electron chi connectivity index (χ3n) is 8.98. The van der Waals surface area contributed by atoms with E-state index in [0.29, 0.717) is 0 Å². The molecule has 224 valence electrons. The standard InChI is InChI=1S/C42H27F2N3/c43-28-19-23-38-36(25-28)34-22-21-33(27-41(34)46(38)31-13-6-2-7-14-31)45(30-11-4-1-5-12-30)40-18-10-17-35-37-26-29(44)20-24-39(37)47(42(35)40)32-15-8-3-9-16-32/h1-27H. The Morgan fingerprint density at radius 1 is 0.383 bits per heavy atom. The lowest BCUT2D eigenvalue weighted by atomic mass is 10.1. The summed E-state index contributed by atoms with van der Waals surface area (Å²) in [5, 5.41) is 3.62. The van der Waals surface area contributed by atoms with Crippen LogP contribution in [0.4, 0.5) is 25.8 Å². The Labute approximate surface area is 269 Å². The fraction of sp³-hybridized carbons (Fsp3) is 0. The van der Waals surface area contributed by atoms with Crippen LogP contribution in [0, 0.1) is 11.6 Å². The van der Waals surface area contributed by atoms with Crippen LogP contribution in [-0.4, -0.2) is 9.13 Å². The molecular weight excluding hydrogens is 584 g/mol. The molecule has 0 amide bonds. The Morgan fingerprint density at radius 2 is 0.957 bits per heavy atom. The first kappa shape index (κ1) is 27.1. The van der Waals surface area contributed by atoms with Crippen LogP contribution in [0.1, 0.15) is 0 Å². The smallest absolute Gasteiger partial charge is 0.123 e. The number of aromatic nitrogens is 2. The van der Waals surface area contributed by atoms with Gasteiger partial charge in [-0.1, -0.05) is 72.8 Å². The highest BCUT2D eigenvalue weighted by Crippen LogP contribution is 2.45. The molecule has 0 unspecified atom stereocenters. The van der Waals surface area contributed by atoms with Gasteiger partial charge in [0.15, 0.2) is 0 Å². The molecule has 0 N–H and O–H groups in total. The highest BCUT2D eigenvalue weighted by molar-refractivity contribution is 6.15. The van der Waals surface area contributed by atoms with E-state index in [9.17, 15) is 8.78 Å². The SMILES string of the molecule is Fc1ccc2c(c1)c1ccc(N(c3ccccc3)c3cccc4c5cc(F)ccc5n(-c5ccccc5)c34)cc1n2-c1ccccc1. The number of halogens is 2. The maximum atomic E-state index is 14.8. The van der Waals surface area contributed by atoms with Gasteiger partial charge < -0.3 is 14.0 Å². The van der Waals surface area contributed by atoms with E-state index in [2.05, 4.69) is 80.8 Å². The number of hydrogen-bond acceptors (Lipinski definition) is 1. The van der Waals surface area contributed by atoms with Gasteiger partial charge in [0.25, 0.3) is 0 Å². The molecule has 2 heterocycles. The van der Waals surface area contributed by atoms with Gasteiger partial charge in [-0.3, -0.25) is 0 Å². The second kappa shape index (κ2) is 10.7. The number of hydrogen-bond donors (Lipinski definition) is 0. The minimum Gasteiger partial charge on any atom is -0.309 e. The van der Waals surface area contributed by atoms with Gasteiger partial charge in [0, 0.05) is 44.3 Å². The predicted octanol–water partition coefficient (Wildman–Crippen LogP) is 11.6. The molecule has 0 aliphatic rings. The zero-order chi connectivity index (χ0) is 31.5. The minimum absolute atomic E-state index is 0.267. The third-order valence-corrected chi connectivity index (χ3v) is 8.98. The van der Waals surface area contributed by atoms with Gasteiger partial charge >= 0.3 is 0 Å². The maximum Gasteiger partial charge on any atom is 0.123 e. The average molecular weight is 612 g/mol. The van der Waals surface area contributed by atoms with E-state index in [1.807, 2.05) is 72.8 Å². The highest BCUT2D eigenvalue weighted by Gasteiger charge is 2.23. The number of para-hydroxylation sites is 4. The summed E-state index contributed by atoms with van der Waals surface area (Å²) in [4.78, 5) is 2.25. The van der Waals surface area contributed by atoms with Crippen LogP contribution in [0.3, 0.4) is 0 Å². The second-order valence-corrected chi connectivity index (χ2v) is 11.7. The molecule has 0 radical (unpaired) electrons. The quantitative estimate of drug-likeness (QED) is 0.189. The molecule has 0 saturated carbocycles. The Hall–Kier alpha value is -6.20. The monoisotopic (exact) mass is 611 g/mol. The molecule has 9 rings (SSSR count). The van der Waals surface area contributed by atoms with Crippen LogP contribution in [-0.2, 0) is 0 Å². The van der Waals surface area contributed by atoms with Crippen LogP contribution in [0.2, 0.25) is 0 Å². The topological polar surface area (TPSA) is 13.1 Å². The van der Waals surface area contributed by atoms with Gasteiger partial charge in [-0.2, -0.15) is 0 Å². The minimum atomic E-state index is -0.273. The Balaban J connectivity index is 1.38.